The molecule has 1 aliphatic carbocycles. The van der Waals surface area contributed by atoms with Gasteiger partial charge in [-0.3, -0.25) is 0 Å². The second-order valence-corrected chi connectivity index (χ2v) is 7.46. The van der Waals surface area contributed by atoms with Crippen molar-refractivity contribution in [3.05, 3.63) is 35.9 Å². The smallest absolute Gasteiger partial charge is 0.0730 e. The van der Waals surface area contributed by atoms with E-state index in [-0.39, 0.29) is 12.1 Å². The van der Waals surface area contributed by atoms with E-state index in [0.717, 1.165) is 12.5 Å². The third kappa shape index (κ3) is 4.79. The van der Waals surface area contributed by atoms with E-state index in [2.05, 4.69) is 29.3 Å². The molecule has 0 radical (unpaired) electrons. The van der Waals surface area contributed by atoms with E-state index in [1.54, 1.807) is 0 Å². The van der Waals surface area contributed by atoms with E-state index in [9.17, 15) is 5.11 Å². The highest BCUT2D eigenvalue weighted by Gasteiger charge is 2.28. The first-order valence-corrected chi connectivity index (χ1v) is 9.44. The van der Waals surface area contributed by atoms with Crippen LogP contribution in [0.3, 0.4) is 0 Å². The zero-order valence-corrected chi connectivity index (χ0v) is 14.5. The number of nitrogens with zero attached hydrogens (tertiary/aromatic N) is 1. The van der Waals surface area contributed by atoms with Crippen LogP contribution in [-0.4, -0.2) is 47.3 Å². The lowest BCUT2D eigenvalue weighted by Crippen LogP contribution is -2.50. The molecular formula is C20H32N2O. The van der Waals surface area contributed by atoms with Gasteiger partial charge in [0, 0.05) is 18.1 Å². The first kappa shape index (κ1) is 16.9. The van der Waals surface area contributed by atoms with Gasteiger partial charge in [-0.1, -0.05) is 43.2 Å². The number of nitrogens with one attached hydrogen (secondary N) is 1. The molecule has 2 unspecified atom stereocenters. The van der Waals surface area contributed by atoms with E-state index in [0.29, 0.717) is 6.04 Å². The van der Waals surface area contributed by atoms with Crippen molar-refractivity contribution < 1.29 is 5.11 Å². The van der Waals surface area contributed by atoms with E-state index in [1.165, 1.54) is 57.2 Å². The Labute approximate surface area is 141 Å². The number of piperidine rings is 1. The normalized spacial score (nSPS) is 23.9. The van der Waals surface area contributed by atoms with E-state index >= 15 is 0 Å². The summed E-state index contributed by atoms with van der Waals surface area (Å²) in [5.74, 6) is 0. The molecule has 3 heteroatoms. The van der Waals surface area contributed by atoms with Gasteiger partial charge in [-0.15, -0.1) is 0 Å². The predicted octanol–water partition coefficient (Wildman–Crippen LogP) is 2.98. The lowest BCUT2D eigenvalue weighted by molar-refractivity contribution is 0.104. The second kappa shape index (κ2) is 8.27. The summed E-state index contributed by atoms with van der Waals surface area (Å²) in [6, 6.07) is 11.9. The Hall–Kier alpha value is -0.900. The first-order chi connectivity index (χ1) is 11.2. The molecule has 2 fully saturated rings. The average Bonchev–Trinajstić information content (AvgIpc) is 3.11. The molecule has 2 N–H and O–H groups in total. The molecule has 3 nitrogen and oxygen atoms in total. The lowest BCUT2D eigenvalue weighted by Gasteiger charge is -2.37. The average molecular weight is 316 g/mol. The molecule has 1 saturated carbocycles. The van der Waals surface area contributed by atoms with Gasteiger partial charge in [0.15, 0.2) is 0 Å². The Morgan fingerprint density at radius 2 is 1.74 bits per heavy atom. The Kier molecular flexibility index (Phi) is 6.09. The number of benzene rings is 1. The highest BCUT2D eigenvalue weighted by molar-refractivity contribution is 5.15. The fourth-order valence-electron chi connectivity index (χ4n) is 4.22. The van der Waals surface area contributed by atoms with Crippen LogP contribution < -0.4 is 5.32 Å². The summed E-state index contributed by atoms with van der Waals surface area (Å²) in [5, 5.41) is 14.1. The number of aliphatic hydroxyl groups is 1. The molecule has 2 aliphatic rings. The van der Waals surface area contributed by atoms with Gasteiger partial charge in [-0.25, -0.2) is 0 Å². The number of hydrogen-bond acceptors (Lipinski definition) is 3. The third-order valence-corrected chi connectivity index (χ3v) is 5.73. The van der Waals surface area contributed by atoms with Crippen LogP contribution in [0.2, 0.25) is 0 Å². The van der Waals surface area contributed by atoms with Gasteiger partial charge in [0.05, 0.1) is 6.10 Å². The quantitative estimate of drug-likeness (QED) is 0.847. The largest absolute Gasteiger partial charge is 0.391 e. The van der Waals surface area contributed by atoms with Crippen molar-refractivity contribution in [2.45, 2.75) is 76.1 Å². The number of likely N-dealkylation sites (tertiary alicyclic amines) is 1. The molecule has 128 valence electrons. The molecule has 1 heterocycles. The summed E-state index contributed by atoms with van der Waals surface area (Å²) in [6.45, 7) is 4.57. The monoisotopic (exact) mass is 316 g/mol. The summed E-state index contributed by atoms with van der Waals surface area (Å²) in [5.41, 5.74) is 1.21. The van der Waals surface area contributed by atoms with Crippen molar-refractivity contribution in [3.8, 4) is 0 Å². The summed E-state index contributed by atoms with van der Waals surface area (Å²) < 4.78 is 0. The molecular weight excluding hydrogens is 284 g/mol. The van der Waals surface area contributed by atoms with Gasteiger partial charge in [-0.05, 0) is 57.7 Å². The molecule has 1 aromatic rings. The molecule has 1 aromatic carbocycles. The molecule has 2 atom stereocenters. The van der Waals surface area contributed by atoms with Crippen molar-refractivity contribution in [2.75, 3.05) is 13.1 Å². The number of hydrogen-bond donors (Lipinski definition) is 2. The van der Waals surface area contributed by atoms with E-state index in [4.69, 9.17) is 0 Å². The van der Waals surface area contributed by atoms with Gasteiger partial charge in [0.2, 0.25) is 0 Å². The Morgan fingerprint density at radius 1 is 1.09 bits per heavy atom. The zero-order chi connectivity index (χ0) is 16.1. The topological polar surface area (TPSA) is 35.5 Å². The molecule has 0 spiro atoms. The molecule has 0 amide bonds. The van der Waals surface area contributed by atoms with Crippen molar-refractivity contribution in [2.24, 2.45) is 0 Å². The van der Waals surface area contributed by atoms with Crippen LogP contribution in [0, 0.1) is 0 Å². The highest BCUT2D eigenvalue weighted by Crippen LogP contribution is 2.26. The van der Waals surface area contributed by atoms with Gasteiger partial charge < -0.3 is 15.3 Å². The van der Waals surface area contributed by atoms with Crippen LogP contribution in [-0.2, 0) is 6.42 Å². The van der Waals surface area contributed by atoms with Crippen molar-refractivity contribution >= 4 is 0 Å². The number of aliphatic hydroxyl groups excluding tert-OH is 1. The zero-order valence-electron chi connectivity index (χ0n) is 14.5. The van der Waals surface area contributed by atoms with Crippen LogP contribution in [0.4, 0.5) is 0 Å². The maximum atomic E-state index is 10.5. The lowest BCUT2D eigenvalue weighted by atomic mass is 9.98. The van der Waals surface area contributed by atoms with Gasteiger partial charge in [0.25, 0.3) is 0 Å². The summed E-state index contributed by atoms with van der Waals surface area (Å²) in [4.78, 5) is 2.70. The third-order valence-electron chi connectivity index (χ3n) is 5.73. The van der Waals surface area contributed by atoms with Crippen LogP contribution in [0.15, 0.2) is 30.3 Å². The van der Waals surface area contributed by atoms with Crippen LogP contribution in [0.1, 0.15) is 51.0 Å². The molecule has 1 saturated heterocycles. The van der Waals surface area contributed by atoms with E-state index < -0.39 is 0 Å². The summed E-state index contributed by atoms with van der Waals surface area (Å²) in [7, 11) is 0. The second-order valence-electron chi connectivity index (χ2n) is 7.46. The summed E-state index contributed by atoms with van der Waals surface area (Å²) >= 11 is 0. The van der Waals surface area contributed by atoms with Crippen LogP contribution in [0.5, 0.6) is 0 Å². The van der Waals surface area contributed by atoms with Crippen molar-refractivity contribution in [1.82, 2.24) is 10.2 Å². The predicted molar refractivity (Wildman–Crippen MR) is 95.6 cm³/mol. The van der Waals surface area contributed by atoms with Gasteiger partial charge >= 0.3 is 0 Å². The molecule has 23 heavy (non-hydrogen) atoms. The molecule has 0 aromatic heterocycles. The molecule has 0 bridgehead atoms. The highest BCUT2D eigenvalue weighted by atomic mass is 16.3. The first-order valence-electron chi connectivity index (χ1n) is 9.44. The fraction of sp³-hybridized carbons (Fsp3) is 0.700. The van der Waals surface area contributed by atoms with Crippen molar-refractivity contribution in [1.29, 1.82) is 0 Å². The Bertz CT molecular complexity index is 450. The van der Waals surface area contributed by atoms with Crippen LogP contribution >= 0.6 is 0 Å². The van der Waals surface area contributed by atoms with Crippen LogP contribution in [0.25, 0.3) is 0 Å². The maximum Gasteiger partial charge on any atom is 0.0730 e. The minimum Gasteiger partial charge on any atom is -0.391 e. The summed E-state index contributed by atoms with van der Waals surface area (Å²) in [6.07, 6.45) is 8.52. The minimum absolute atomic E-state index is 0.151. The van der Waals surface area contributed by atoms with Gasteiger partial charge in [-0.2, -0.15) is 0 Å². The fourth-order valence-corrected chi connectivity index (χ4v) is 4.22. The SMILES string of the molecule is CC(NC1CCN(C2CCCC2)CC1)C(O)Cc1ccccc1. The Morgan fingerprint density at radius 3 is 2.39 bits per heavy atom. The van der Waals surface area contributed by atoms with E-state index in [1.807, 2.05) is 18.2 Å². The molecule has 3 rings (SSSR count). The number of rotatable bonds is 6. The standard InChI is InChI=1S/C20H32N2O/c1-16(20(23)15-17-7-3-2-4-8-17)21-18-11-13-22(14-12-18)19-9-5-6-10-19/h2-4,7-8,16,18-21,23H,5-6,9-15H2,1H3. The maximum absolute atomic E-state index is 10.5. The Balaban J connectivity index is 1.40. The minimum atomic E-state index is -0.315. The van der Waals surface area contributed by atoms with Crippen molar-refractivity contribution in [3.63, 3.8) is 0 Å². The van der Waals surface area contributed by atoms with Gasteiger partial charge in [0.1, 0.15) is 0 Å². The molecule has 1 aliphatic heterocycles.